The van der Waals surface area contributed by atoms with Gasteiger partial charge in [-0.2, -0.15) is 5.26 Å². The number of methoxy groups -OCH3 is 1. The molecule has 0 radical (unpaired) electrons. The van der Waals surface area contributed by atoms with Gasteiger partial charge in [0.15, 0.2) is 0 Å². The van der Waals surface area contributed by atoms with E-state index < -0.39 is 11.9 Å². The molecular weight excluding hydrogens is 307 g/mol. The molecule has 2 atom stereocenters. The van der Waals surface area contributed by atoms with Crippen LogP contribution in [0.25, 0.3) is 0 Å². The average molecular weight is 326 g/mol. The lowest BCUT2D eigenvalue weighted by Crippen LogP contribution is -2.24. The molecule has 124 valence electrons. The van der Waals surface area contributed by atoms with Crippen LogP contribution in [-0.4, -0.2) is 29.8 Å². The number of nitrogens with zero attached hydrogens (tertiary/aromatic N) is 2. The quantitative estimate of drug-likeness (QED) is 0.938. The Morgan fingerprint density at radius 1 is 1.33 bits per heavy atom. The van der Waals surface area contributed by atoms with Gasteiger partial charge in [0.2, 0.25) is 0 Å². The Morgan fingerprint density at radius 3 is 2.92 bits per heavy atom. The lowest BCUT2D eigenvalue weighted by Gasteiger charge is -2.25. The summed E-state index contributed by atoms with van der Waals surface area (Å²) >= 11 is 0. The number of halogens is 1. The van der Waals surface area contributed by atoms with E-state index in [0.717, 1.165) is 16.9 Å². The molecule has 24 heavy (non-hydrogen) atoms. The molecule has 3 rings (SSSR count). The minimum absolute atomic E-state index is 0.0465. The van der Waals surface area contributed by atoms with Gasteiger partial charge in [0.25, 0.3) is 0 Å². The second-order valence-corrected chi connectivity index (χ2v) is 6.04. The van der Waals surface area contributed by atoms with Crippen LogP contribution in [0.3, 0.4) is 0 Å². The molecule has 0 aliphatic carbocycles. The zero-order chi connectivity index (χ0) is 17.1. The molecule has 0 amide bonds. The van der Waals surface area contributed by atoms with Crippen molar-refractivity contribution in [2.75, 3.05) is 13.7 Å². The van der Waals surface area contributed by atoms with Crippen LogP contribution >= 0.6 is 0 Å². The van der Waals surface area contributed by atoms with Crippen molar-refractivity contribution in [3.8, 4) is 11.8 Å². The summed E-state index contributed by atoms with van der Waals surface area (Å²) in [5.41, 5.74) is 1.98. The van der Waals surface area contributed by atoms with Crippen LogP contribution in [0.5, 0.6) is 5.75 Å². The van der Waals surface area contributed by atoms with Crippen LogP contribution in [0.1, 0.15) is 29.2 Å². The van der Waals surface area contributed by atoms with Gasteiger partial charge in [-0.15, -0.1) is 0 Å². The molecule has 1 N–H and O–H groups in total. The van der Waals surface area contributed by atoms with E-state index in [-0.39, 0.29) is 11.6 Å². The fraction of sp³-hybridized carbons (Fsp3) is 0.316. The highest BCUT2D eigenvalue weighted by Crippen LogP contribution is 2.34. The summed E-state index contributed by atoms with van der Waals surface area (Å²) in [6.07, 6.45) is 0.233. The SMILES string of the molecule is COc1cccc([C@H]2C[C@@H](O)CN2Cc2ccc(F)c(C#N)c2)c1. The van der Waals surface area contributed by atoms with Gasteiger partial charge in [-0.1, -0.05) is 18.2 Å². The van der Waals surface area contributed by atoms with Gasteiger partial charge < -0.3 is 9.84 Å². The minimum atomic E-state index is -0.507. The minimum Gasteiger partial charge on any atom is -0.497 e. The van der Waals surface area contributed by atoms with Crippen molar-refractivity contribution in [3.63, 3.8) is 0 Å². The molecule has 1 aliphatic rings. The highest BCUT2D eigenvalue weighted by atomic mass is 19.1. The second-order valence-electron chi connectivity index (χ2n) is 6.04. The van der Waals surface area contributed by atoms with E-state index in [1.165, 1.54) is 6.07 Å². The van der Waals surface area contributed by atoms with Crippen molar-refractivity contribution >= 4 is 0 Å². The number of nitriles is 1. The van der Waals surface area contributed by atoms with E-state index in [1.807, 2.05) is 30.3 Å². The van der Waals surface area contributed by atoms with Gasteiger partial charge in [0.05, 0.1) is 18.8 Å². The highest BCUT2D eigenvalue weighted by molar-refractivity contribution is 5.35. The Morgan fingerprint density at radius 2 is 2.17 bits per heavy atom. The molecular formula is C19H19FN2O2. The number of hydrogen-bond donors (Lipinski definition) is 1. The monoisotopic (exact) mass is 326 g/mol. The van der Waals surface area contributed by atoms with Crippen LogP contribution in [0.4, 0.5) is 4.39 Å². The third-order valence-electron chi connectivity index (χ3n) is 4.40. The summed E-state index contributed by atoms with van der Waals surface area (Å²) < 4.78 is 18.8. The highest BCUT2D eigenvalue weighted by Gasteiger charge is 2.32. The third-order valence-corrected chi connectivity index (χ3v) is 4.40. The number of β-amino-alcohol motifs (C(OH)–C–C–N with tert-alkyl or cyclic N) is 1. The van der Waals surface area contributed by atoms with Crippen molar-refractivity contribution in [1.82, 2.24) is 4.90 Å². The van der Waals surface area contributed by atoms with Gasteiger partial charge in [-0.3, -0.25) is 4.90 Å². The van der Waals surface area contributed by atoms with Crippen LogP contribution in [0.15, 0.2) is 42.5 Å². The molecule has 1 saturated heterocycles. The van der Waals surface area contributed by atoms with Gasteiger partial charge in [-0.05, 0) is 41.8 Å². The molecule has 0 unspecified atom stereocenters. The molecule has 4 nitrogen and oxygen atoms in total. The van der Waals surface area contributed by atoms with Crippen molar-refractivity contribution < 1.29 is 14.2 Å². The first-order valence-electron chi connectivity index (χ1n) is 7.85. The average Bonchev–Trinajstić information content (AvgIpc) is 2.97. The summed E-state index contributed by atoms with van der Waals surface area (Å²) in [6, 6.07) is 14.3. The van der Waals surface area contributed by atoms with E-state index in [0.29, 0.717) is 19.5 Å². The predicted octanol–water partition coefficient (Wildman–Crippen LogP) is 3.01. The number of benzene rings is 2. The maximum atomic E-state index is 13.5. The maximum Gasteiger partial charge on any atom is 0.140 e. The number of hydrogen-bond acceptors (Lipinski definition) is 4. The summed E-state index contributed by atoms with van der Waals surface area (Å²) in [4.78, 5) is 2.15. The van der Waals surface area contributed by atoms with Gasteiger partial charge >= 0.3 is 0 Å². The Kier molecular flexibility index (Phi) is 4.79. The van der Waals surface area contributed by atoms with E-state index in [4.69, 9.17) is 10.00 Å². The normalized spacial score (nSPS) is 20.8. The third kappa shape index (κ3) is 3.40. The van der Waals surface area contributed by atoms with Crippen LogP contribution in [-0.2, 0) is 6.54 Å². The standard InChI is InChI=1S/C19H19FN2O2/c1-24-17-4-2-3-14(8-17)19-9-16(23)12-22(19)11-13-5-6-18(20)15(7-13)10-21/h2-8,16,19,23H,9,11-12H2,1H3/t16-,19-/m1/s1. The van der Waals surface area contributed by atoms with Crippen molar-refractivity contribution in [2.24, 2.45) is 0 Å². The fourth-order valence-corrected chi connectivity index (χ4v) is 3.24. The number of aliphatic hydroxyl groups is 1. The Hall–Kier alpha value is -2.42. The van der Waals surface area contributed by atoms with E-state index >= 15 is 0 Å². The largest absolute Gasteiger partial charge is 0.497 e. The Bertz CT molecular complexity index is 772. The summed E-state index contributed by atoms with van der Waals surface area (Å²) in [7, 11) is 1.63. The first-order valence-corrected chi connectivity index (χ1v) is 7.85. The van der Waals surface area contributed by atoms with E-state index in [2.05, 4.69) is 4.90 Å². The van der Waals surface area contributed by atoms with E-state index in [1.54, 1.807) is 19.2 Å². The molecule has 0 saturated carbocycles. The second kappa shape index (κ2) is 7.00. The lowest BCUT2D eigenvalue weighted by molar-refractivity contribution is 0.172. The first kappa shape index (κ1) is 16.4. The van der Waals surface area contributed by atoms with Crippen LogP contribution < -0.4 is 4.74 Å². The zero-order valence-electron chi connectivity index (χ0n) is 13.4. The van der Waals surface area contributed by atoms with Crippen LogP contribution in [0, 0.1) is 17.1 Å². The molecule has 0 aromatic heterocycles. The number of ether oxygens (including phenoxy) is 1. The molecule has 0 spiro atoms. The molecule has 5 heteroatoms. The van der Waals surface area contributed by atoms with Crippen LogP contribution in [0.2, 0.25) is 0 Å². The number of aliphatic hydroxyl groups excluding tert-OH is 1. The van der Waals surface area contributed by atoms with Gasteiger partial charge in [-0.25, -0.2) is 4.39 Å². The molecule has 1 aliphatic heterocycles. The Labute approximate surface area is 140 Å². The molecule has 2 aromatic rings. The summed E-state index contributed by atoms with van der Waals surface area (Å²) in [5.74, 6) is 0.273. The first-order chi connectivity index (χ1) is 11.6. The predicted molar refractivity (Wildman–Crippen MR) is 87.9 cm³/mol. The molecule has 0 bridgehead atoms. The smallest absolute Gasteiger partial charge is 0.140 e. The number of likely N-dealkylation sites (tertiary alicyclic amines) is 1. The molecule has 1 fully saturated rings. The van der Waals surface area contributed by atoms with Gasteiger partial charge in [0, 0.05) is 19.1 Å². The topological polar surface area (TPSA) is 56.5 Å². The Balaban J connectivity index is 1.84. The van der Waals surface area contributed by atoms with Crippen molar-refractivity contribution in [2.45, 2.75) is 25.1 Å². The summed E-state index contributed by atoms with van der Waals surface area (Å²) in [6.45, 7) is 1.09. The molecule has 2 aromatic carbocycles. The lowest BCUT2D eigenvalue weighted by atomic mass is 10.0. The number of rotatable bonds is 4. The molecule has 1 heterocycles. The fourth-order valence-electron chi connectivity index (χ4n) is 3.24. The van der Waals surface area contributed by atoms with E-state index in [9.17, 15) is 9.50 Å². The van der Waals surface area contributed by atoms with Crippen molar-refractivity contribution in [3.05, 3.63) is 65.0 Å². The summed E-state index contributed by atoms with van der Waals surface area (Å²) in [5, 5.41) is 19.1. The van der Waals surface area contributed by atoms with Gasteiger partial charge in [0.1, 0.15) is 17.6 Å². The zero-order valence-corrected chi connectivity index (χ0v) is 13.4. The maximum absolute atomic E-state index is 13.5. The van der Waals surface area contributed by atoms with Crippen molar-refractivity contribution in [1.29, 1.82) is 5.26 Å².